The maximum Gasteiger partial charge on any atom is 0.227 e. The third-order valence-corrected chi connectivity index (χ3v) is 5.21. The van der Waals surface area contributed by atoms with Crippen molar-refractivity contribution in [1.82, 2.24) is 0 Å². The molecule has 2 aromatic carbocycles. The van der Waals surface area contributed by atoms with Crippen molar-refractivity contribution in [3.63, 3.8) is 0 Å². The summed E-state index contributed by atoms with van der Waals surface area (Å²) in [5.41, 5.74) is 4.86. The summed E-state index contributed by atoms with van der Waals surface area (Å²) in [7, 11) is 0. The van der Waals surface area contributed by atoms with E-state index < -0.39 is 0 Å². The molecule has 2 rings (SSSR count). The monoisotopic (exact) mass is 396 g/mol. The summed E-state index contributed by atoms with van der Waals surface area (Å²) in [5.74, 6) is 1.01. The minimum Gasteiger partial charge on any atom is -0.276 e. The van der Waals surface area contributed by atoms with Crippen LogP contribution in [0, 0.1) is 0 Å². The number of unbranched alkanes of at least 4 members (excludes halogenated alkanes) is 7. The number of thioether (sulfide) groups is 1. The molecule has 0 bridgehead atoms. The fraction of sp³-hybridized carbons (Fsp3) is 0.435. The third-order valence-electron chi connectivity index (χ3n) is 4.29. The second kappa shape index (κ2) is 14.9. The summed E-state index contributed by atoms with van der Waals surface area (Å²) >= 11 is 1.66. The number of rotatable bonds is 12. The molecule has 0 aliphatic heterocycles. The van der Waals surface area contributed by atoms with Crippen LogP contribution in [0.5, 0.6) is 0 Å². The second-order valence-electron chi connectivity index (χ2n) is 6.73. The highest BCUT2D eigenvalue weighted by atomic mass is 32.2. The van der Waals surface area contributed by atoms with Crippen molar-refractivity contribution in [2.45, 2.75) is 58.3 Å². The summed E-state index contributed by atoms with van der Waals surface area (Å²) in [6.45, 7) is 2.26. The molecule has 0 atom stereocenters. The molecule has 0 aliphatic rings. The average molecular weight is 397 g/mol. The minimum atomic E-state index is 0.663. The van der Waals surface area contributed by atoms with Crippen molar-refractivity contribution < 1.29 is 0 Å². The van der Waals surface area contributed by atoms with E-state index in [0.717, 1.165) is 17.1 Å². The molecule has 2 aromatic rings. The fourth-order valence-corrected chi connectivity index (χ4v) is 3.44. The number of nitrogens with zero attached hydrogens (tertiary/aromatic N) is 3. The Kier molecular flexibility index (Phi) is 11.8. The van der Waals surface area contributed by atoms with E-state index in [0.29, 0.717) is 5.17 Å². The van der Waals surface area contributed by atoms with Gasteiger partial charge in [0.1, 0.15) is 0 Å². The number of para-hydroxylation sites is 1. The highest BCUT2D eigenvalue weighted by Crippen LogP contribution is 2.17. The van der Waals surface area contributed by atoms with Gasteiger partial charge < -0.3 is 0 Å². The van der Waals surface area contributed by atoms with Gasteiger partial charge in [0.2, 0.25) is 5.17 Å². The van der Waals surface area contributed by atoms with Crippen LogP contribution in [-0.2, 0) is 0 Å². The van der Waals surface area contributed by atoms with Gasteiger partial charge in [-0.2, -0.15) is 0 Å². The van der Waals surface area contributed by atoms with Crippen LogP contribution in [0.4, 0.5) is 11.4 Å². The van der Waals surface area contributed by atoms with Crippen molar-refractivity contribution in [2.75, 3.05) is 11.2 Å². The first-order chi connectivity index (χ1) is 13.9. The summed E-state index contributed by atoms with van der Waals surface area (Å²) in [6, 6.07) is 19.7. The maximum atomic E-state index is 4.45. The molecule has 0 amide bonds. The lowest BCUT2D eigenvalue weighted by atomic mass is 10.1. The largest absolute Gasteiger partial charge is 0.276 e. The predicted octanol–water partition coefficient (Wildman–Crippen LogP) is 8.03. The zero-order valence-corrected chi connectivity index (χ0v) is 17.7. The van der Waals surface area contributed by atoms with Crippen molar-refractivity contribution in [3.05, 3.63) is 60.7 Å². The van der Waals surface area contributed by atoms with Gasteiger partial charge in [0, 0.05) is 5.75 Å². The number of azo groups is 1. The van der Waals surface area contributed by atoms with Crippen molar-refractivity contribution >= 4 is 28.3 Å². The van der Waals surface area contributed by atoms with E-state index in [1.807, 2.05) is 60.7 Å². The Labute approximate surface area is 173 Å². The summed E-state index contributed by atoms with van der Waals surface area (Å²) in [4.78, 5) is 0. The van der Waals surface area contributed by atoms with E-state index >= 15 is 0 Å². The van der Waals surface area contributed by atoms with E-state index in [9.17, 15) is 0 Å². The van der Waals surface area contributed by atoms with Gasteiger partial charge in [0.05, 0.1) is 11.4 Å². The molecular formula is C23H32N4S. The van der Waals surface area contributed by atoms with Crippen LogP contribution in [0.2, 0.25) is 0 Å². The SMILES string of the molecule is CCCCCCCCCCS/C(N=Nc1ccccc1)=N/Nc1ccccc1. The van der Waals surface area contributed by atoms with Crippen LogP contribution >= 0.6 is 11.8 Å². The van der Waals surface area contributed by atoms with Gasteiger partial charge in [0.25, 0.3) is 0 Å². The zero-order chi connectivity index (χ0) is 19.7. The van der Waals surface area contributed by atoms with Crippen LogP contribution in [0.25, 0.3) is 0 Å². The number of hydrogen-bond donors (Lipinski definition) is 1. The molecule has 150 valence electrons. The first kappa shape index (κ1) is 22.2. The Balaban J connectivity index is 1.78. The highest BCUT2D eigenvalue weighted by Gasteiger charge is 2.01. The molecule has 4 nitrogen and oxygen atoms in total. The first-order valence-corrected chi connectivity index (χ1v) is 11.4. The maximum absolute atomic E-state index is 4.45. The predicted molar refractivity (Wildman–Crippen MR) is 124 cm³/mol. The molecule has 0 saturated heterocycles. The van der Waals surface area contributed by atoms with Gasteiger partial charge in [0.15, 0.2) is 0 Å². The summed E-state index contributed by atoms with van der Waals surface area (Å²) in [5, 5.41) is 13.8. The van der Waals surface area contributed by atoms with Crippen LogP contribution < -0.4 is 5.43 Å². The number of benzene rings is 2. The van der Waals surface area contributed by atoms with Gasteiger partial charge in [-0.05, 0) is 30.7 Å². The second-order valence-corrected chi connectivity index (χ2v) is 7.79. The van der Waals surface area contributed by atoms with Gasteiger partial charge in [-0.15, -0.1) is 15.3 Å². The average Bonchev–Trinajstić information content (AvgIpc) is 2.75. The quantitative estimate of drug-likeness (QED) is 0.130. The van der Waals surface area contributed by atoms with Gasteiger partial charge >= 0.3 is 0 Å². The Morgan fingerprint density at radius 3 is 2.07 bits per heavy atom. The molecule has 0 spiro atoms. The number of hydrogen-bond acceptors (Lipinski definition) is 4. The number of amidine groups is 1. The fourth-order valence-electron chi connectivity index (χ4n) is 2.70. The highest BCUT2D eigenvalue weighted by molar-refractivity contribution is 8.13. The number of anilines is 1. The molecule has 1 N–H and O–H groups in total. The van der Waals surface area contributed by atoms with Crippen LogP contribution in [0.15, 0.2) is 76.0 Å². The molecular weight excluding hydrogens is 364 g/mol. The molecule has 28 heavy (non-hydrogen) atoms. The van der Waals surface area contributed by atoms with Gasteiger partial charge in [-0.25, -0.2) is 0 Å². The molecule has 0 saturated carbocycles. The van der Waals surface area contributed by atoms with E-state index in [4.69, 9.17) is 0 Å². The Bertz CT molecular complexity index is 686. The van der Waals surface area contributed by atoms with Gasteiger partial charge in [-0.1, -0.05) is 100 Å². The third kappa shape index (κ3) is 10.3. The van der Waals surface area contributed by atoms with Crippen LogP contribution in [-0.4, -0.2) is 10.9 Å². The standard InChI is InChI=1S/C23H32N4S/c1-2-3-4-5-6-7-8-15-20-28-23(26-24-21-16-11-9-12-17-21)27-25-22-18-13-10-14-19-22/h9-14,16-19,24H,2-8,15,20H2,1H3/b26-23+,27-25?. The van der Waals surface area contributed by atoms with E-state index in [1.165, 1.54) is 51.4 Å². The molecule has 0 aliphatic carbocycles. The molecule has 0 aromatic heterocycles. The lowest BCUT2D eigenvalue weighted by Gasteiger charge is -2.04. The Morgan fingerprint density at radius 2 is 1.39 bits per heavy atom. The Morgan fingerprint density at radius 1 is 0.786 bits per heavy atom. The molecule has 0 radical (unpaired) electrons. The minimum absolute atomic E-state index is 0.663. The molecule has 0 fully saturated rings. The molecule has 0 heterocycles. The lowest BCUT2D eigenvalue weighted by Crippen LogP contribution is -1.96. The molecule has 0 unspecified atom stereocenters. The summed E-state index contributed by atoms with van der Waals surface area (Å²) in [6.07, 6.45) is 10.6. The van der Waals surface area contributed by atoms with E-state index in [-0.39, 0.29) is 0 Å². The summed E-state index contributed by atoms with van der Waals surface area (Å²) < 4.78 is 0. The topological polar surface area (TPSA) is 49.1 Å². The lowest BCUT2D eigenvalue weighted by molar-refractivity contribution is 0.586. The zero-order valence-electron chi connectivity index (χ0n) is 16.9. The first-order valence-electron chi connectivity index (χ1n) is 10.4. The van der Waals surface area contributed by atoms with Crippen LogP contribution in [0.1, 0.15) is 58.3 Å². The van der Waals surface area contributed by atoms with Gasteiger partial charge in [-0.3, -0.25) is 5.43 Å². The van der Waals surface area contributed by atoms with Crippen LogP contribution in [0.3, 0.4) is 0 Å². The van der Waals surface area contributed by atoms with Crippen molar-refractivity contribution in [3.8, 4) is 0 Å². The normalized spacial score (nSPS) is 11.8. The van der Waals surface area contributed by atoms with Crippen molar-refractivity contribution in [1.29, 1.82) is 0 Å². The smallest absolute Gasteiger partial charge is 0.227 e. The number of hydrazone groups is 1. The van der Waals surface area contributed by atoms with E-state index in [2.05, 4.69) is 27.7 Å². The van der Waals surface area contributed by atoms with E-state index in [1.54, 1.807) is 11.8 Å². The van der Waals surface area contributed by atoms with Crippen molar-refractivity contribution in [2.24, 2.45) is 15.3 Å². The molecule has 5 heteroatoms. The number of nitrogens with one attached hydrogen (secondary N) is 1. The Hall–Kier alpha value is -2.14.